The Labute approximate surface area is 156 Å². The summed E-state index contributed by atoms with van der Waals surface area (Å²) >= 11 is 5.96. The molecule has 1 aromatic carbocycles. The summed E-state index contributed by atoms with van der Waals surface area (Å²) in [5, 5.41) is 23.9. The van der Waals surface area contributed by atoms with Gasteiger partial charge in [-0.15, -0.1) is 0 Å². The van der Waals surface area contributed by atoms with E-state index in [1.807, 2.05) is 18.2 Å². The van der Waals surface area contributed by atoms with Gasteiger partial charge in [-0.3, -0.25) is 4.98 Å². The zero-order valence-electron chi connectivity index (χ0n) is 14.0. The summed E-state index contributed by atoms with van der Waals surface area (Å²) in [6.07, 6.45) is 5.63. The predicted octanol–water partition coefficient (Wildman–Crippen LogP) is 4.14. The molecule has 3 aromatic rings. The highest BCUT2D eigenvalue weighted by Gasteiger charge is 2.27. The number of nitriles is 1. The van der Waals surface area contributed by atoms with Gasteiger partial charge in [0, 0.05) is 29.9 Å². The number of nitrogens with one attached hydrogen (secondary N) is 1. The number of benzene rings is 1. The Morgan fingerprint density at radius 3 is 2.81 bits per heavy atom. The van der Waals surface area contributed by atoms with Crippen LogP contribution < -0.4 is 5.32 Å². The normalized spacial score (nSPS) is 13.6. The van der Waals surface area contributed by atoms with Gasteiger partial charge >= 0.3 is 0 Å². The third-order valence-corrected chi connectivity index (χ3v) is 4.86. The van der Waals surface area contributed by atoms with Crippen molar-refractivity contribution in [1.82, 2.24) is 9.97 Å². The fraction of sp³-hybridized carbons (Fsp3) is 0.250. The first-order chi connectivity index (χ1) is 12.7. The van der Waals surface area contributed by atoms with Gasteiger partial charge in [0.15, 0.2) is 0 Å². The molecule has 1 saturated carbocycles. The predicted molar refractivity (Wildman–Crippen MR) is 101 cm³/mol. The number of halogens is 1. The maximum Gasteiger partial charge on any atom is 0.129 e. The van der Waals surface area contributed by atoms with Gasteiger partial charge in [-0.1, -0.05) is 11.6 Å². The molecule has 4 rings (SSSR count). The maximum absolute atomic E-state index is 9.76. The van der Waals surface area contributed by atoms with Crippen LogP contribution in [0.15, 0.2) is 36.7 Å². The van der Waals surface area contributed by atoms with Crippen molar-refractivity contribution in [3.63, 3.8) is 0 Å². The van der Waals surface area contributed by atoms with Crippen molar-refractivity contribution >= 4 is 28.2 Å². The molecule has 1 aliphatic rings. The highest BCUT2D eigenvalue weighted by atomic mass is 35.5. The van der Waals surface area contributed by atoms with Gasteiger partial charge < -0.3 is 10.4 Å². The lowest BCUT2D eigenvalue weighted by molar-refractivity contribution is 0.282. The molecule has 5 nitrogen and oxygen atoms in total. The molecule has 1 fully saturated rings. The van der Waals surface area contributed by atoms with Gasteiger partial charge in [0.1, 0.15) is 5.15 Å². The van der Waals surface area contributed by atoms with Crippen LogP contribution >= 0.6 is 11.6 Å². The maximum atomic E-state index is 9.76. The van der Waals surface area contributed by atoms with Gasteiger partial charge in [0.25, 0.3) is 0 Å². The first-order valence-corrected chi connectivity index (χ1v) is 8.88. The first kappa shape index (κ1) is 16.8. The first-order valence-electron chi connectivity index (χ1n) is 8.50. The van der Waals surface area contributed by atoms with Crippen LogP contribution in [-0.4, -0.2) is 15.1 Å². The molecular formula is C20H17ClN4O. The molecule has 0 unspecified atom stereocenters. The lowest BCUT2D eigenvalue weighted by Gasteiger charge is -2.16. The number of aliphatic hydroxyl groups is 1. The Bertz CT molecular complexity index is 1020. The SMILES string of the molecule is N#Cc1cc(C2CC2)c2ncc(CO)c(NCc3ccnc(Cl)c3)c2c1. The lowest BCUT2D eigenvalue weighted by atomic mass is 9.99. The Kier molecular flexibility index (Phi) is 4.46. The van der Waals surface area contributed by atoms with Crippen molar-refractivity contribution in [3.05, 3.63) is 64.1 Å². The van der Waals surface area contributed by atoms with E-state index in [1.54, 1.807) is 18.5 Å². The molecule has 0 bridgehead atoms. The Morgan fingerprint density at radius 1 is 1.27 bits per heavy atom. The standard InChI is InChI=1S/C20H17ClN4O/c21-18-7-12(3-4-23-18)9-24-19-15(11-26)10-25-20-16(14-1-2-14)5-13(8-22)6-17(19)20/h3-7,10,14,26H,1-2,9,11H2,(H,24,25). The van der Waals surface area contributed by atoms with Crippen LogP contribution in [0, 0.1) is 11.3 Å². The number of nitrogens with zero attached hydrogens (tertiary/aromatic N) is 3. The van der Waals surface area contributed by atoms with E-state index in [0.29, 0.717) is 28.7 Å². The average Bonchev–Trinajstić information content (AvgIpc) is 3.50. The van der Waals surface area contributed by atoms with E-state index < -0.39 is 0 Å². The second kappa shape index (κ2) is 6.91. The zero-order valence-corrected chi connectivity index (χ0v) is 14.8. The van der Waals surface area contributed by atoms with Crippen molar-refractivity contribution < 1.29 is 5.11 Å². The fourth-order valence-electron chi connectivity index (χ4n) is 3.21. The zero-order chi connectivity index (χ0) is 18.1. The fourth-order valence-corrected chi connectivity index (χ4v) is 3.41. The quantitative estimate of drug-likeness (QED) is 0.665. The molecule has 0 atom stereocenters. The summed E-state index contributed by atoms with van der Waals surface area (Å²) in [6, 6.07) is 9.71. The van der Waals surface area contributed by atoms with Crippen LogP contribution in [0.3, 0.4) is 0 Å². The smallest absolute Gasteiger partial charge is 0.129 e. The number of rotatable bonds is 5. The van der Waals surface area contributed by atoms with E-state index in [2.05, 4.69) is 21.4 Å². The number of fused-ring (bicyclic) bond motifs is 1. The number of hydrogen-bond donors (Lipinski definition) is 2. The third kappa shape index (κ3) is 3.22. The van der Waals surface area contributed by atoms with Crippen molar-refractivity contribution in [2.45, 2.75) is 31.9 Å². The molecule has 26 heavy (non-hydrogen) atoms. The number of aliphatic hydroxyl groups excluding tert-OH is 1. The number of aromatic nitrogens is 2. The minimum Gasteiger partial charge on any atom is -0.392 e. The highest BCUT2D eigenvalue weighted by molar-refractivity contribution is 6.29. The van der Waals surface area contributed by atoms with Gasteiger partial charge in [-0.05, 0) is 54.2 Å². The Morgan fingerprint density at radius 2 is 2.12 bits per heavy atom. The number of anilines is 1. The van der Waals surface area contributed by atoms with E-state index in [-0.39, 0.29) is 6.61 Å². The molecule has 0 spiro atoms. The summed E-state index contributed by atoms with van der Waals surface area (Å²) in [5.41, 5.74) is 5.14. The van der Waals surface area contributed by atoms with Crippen molar-refractivity contribution in [2.75, 3.05) is 5.32 Å². The molecular weight excluding hydrogens is 348 g/mol. The molecule has 0 saturated heterocycles. The van der Waals surface area contributed by atoms with Crippen molar-refractivity contribution in [2.24, 2.45) is 0 Å². The topological polar surface area (TPSA) is 81.8 Å². The number of hydrogen-bond acceptors (Lipinski definition) is 5. The Hall–Kier alpha value is -2.68. The van der Waals surface area contributed by atoms with Crippen molar-refractivity contribution in [3.8, 4) is 6.07 Å². The molecule has 130 valence electrons. The van der Waals surface area contributed by atoms with Gasteiger partial charge in [0.05, 0.1) is 29.4 Å². The van der Waals surface area contributed by atoms with E-state index >= 15 is 0 Å². The summed E-state index contributed by atoms with van der Waals surface area (Å²) in [6.45, 7) is 0.405. The molecule has 0 amide bonds. The molecule has 0 radical (unpaired) electrons. The van der Waals surface area contributed by atoms with E-state index in [1.165, 1.54) is 0 Å². The van der Waals surface area contributed by atoms with Crippen molar-refractivity contribution in [1.29, 1.82) is 5.26 Å². The van der Waals surface area contributed by atoms with Crippen LogP contribution in [0.25, 0.3) is 10.9 Å². The van der Waals surface area contributed by atoms with Gasteiger partial charge in [-0.25, -0.2) is 4.98 Å². The largest absolute Gasteiger partial charge is 0.392 e. The van der Waals surface area contributed by atoms with Gasteiger partial charge in [-0.2, -0.15) is 5.26 Å². The third-order valence-electron chi connectivity index (χ3n) is 4.66. The van der Waals surface area contributed by atoms with Crippen LogP contribution in [0.2, 0.25) is 5.15 Å². The summed E-state index contributed by atoms with van der Waals surface area (Å²) in [7, 11) is 0. The highest BCUT2D eigenvalue weighted by Crippen LogP contribution is 2.44. The minimum atomic E-state index is -0.127. The molecule has 1 aliphatic carbocycles. The number of pyridine rings is 2. The monoisotopic (exact) mass is 364 g/mol. The van der Waals surface area contributed by atoms with E-state index in [0.717, 1.165) is 40.6 Å². The second-order valence-corrected chi connectivity index (χ2v) is 6.89. The molecule has 2 aromatic heterocycles. The average molecular weight is 365 g/mol. The van der Waals surface area contributed by atoms with Crippen LogP contribution in [-0.2, 0) is 13.2 Å². The van der Waals surface area contributed by atoms with Crippen LogP contribution in [0.4, 0.5) is 5.69 Å². The van der Waals surface area contributed by atoms with E-state index in [4.69, 9.17) is 11.6 Å². The lowest BCUT2D eigenvalue weighted by Crippen LogP contribution is -2.05. The molecule has 2 N–H and O–H groups in total. The van der Waals surface area contributed by atoms with E-state index in [9.17, 15) is 10.4 Å². The minimum absolute atomic E-state index is 0.127. The van der Waals surface area contributed by atoms with Crippen LogP contribution in [0.1, 0.15) is 41.0 Å². The second-order valence-electron chi connectivity index (χ2n) is 6.50. The summed E-state index contributed by atoms with van der Waals surface area (Å²) < 4.78 is 0. The molecule has 0 aliphatic heterocycles. The molecule has 6 heteroatoms. The summed E-state index contributed by atoms with van der Waals surface area (Å²) in [5.74, 6) is 0.477. The summed E-state index contributed by atoms with van der Waals surface area (Å²) in [4.78, 5) is 8.57. The van der Waals surface area contributed by atoms with Crippen LogP contribution in [0.5, 0.6) is 0 Å². The van der Waals surface area contributed by atoms with Gasteiger partial charge in [0.2, 0.25) is 0 Å². The molecule has 2 heterocycles. The Balaban J connectivity index is 1.80.